The van der Waals surface area contributed by atoms with Crippen LogP contribution in [0.5, 0.6) is 5.75 Å². The second kappa shape index (κ2) is 6.28. The molecule has 1 aliphatic heterocycles. The number of halogens is 3. The Hall–Kier alpha value is -1.23. The van der Waals surface area contributed by atoms with E-state index in [1.165, 1.54) is 0 Å². The molecule has 19 heavy (non-hydrogen) atoms. The molecule has 0 radical (unpaired) electrons. The van der Waals surface area contributed by atoms with E-state index in [1.54, 1.807) is 0 Å². The summed E-state index contributed by atoms with van der Waals surface area (Å²) in [6, 6.07) is 2.04. The lowest BCUT2D eigenvalue weighted by molar-refractivity contribution is 0.125. The zero-order valence-electron chi connectivity index (χ0n) is 10.9. The lowest BCUT2D eigenvalue weighted by Gasteiger charge is -2.24. The minimum Gasteiger partial charge on any atom is -0.487 e. The quantitative estimate of drug-likeness (QED) is 0.831. The Labute approximate surface area is 111 Å². The summed E-state index contributed by atoms with van der Waals surface area (Å²) in [5.74, 6) is -3.83. The maximum Gasteiger partial charge on any atom is 0.203 e. The third kappa shape index (κ3) is 3.21. The van der Waals surface area contributed by atoms with Crippen molar-refractivity contribution in [3.05, 3.63) is 29.6 Å². The Kier molecular flexibility index (Phi) is 4.69. The average molecular weight is 273 g/mol. The van der Waals surface area contributed by atoms with Gasteiger partial charge in [0.05, 0.1) is 0 Å². The van der Waals surface area contributed by atoms with Crippen LogP contribution in [0, 0.1) is 23.4 Å². The molecule has 5 heteroatoms. The fraction of sp³-hybridized carbons (Fsp3) is 0.571. The molecule has 2 rings (SSSR count). The molecule has 2 atom stereocenters. The van der Waals surface area contributed by atoms with E-state index in [1.807, 2.05) is 6.92 Å². The molecule has 1 saturated heterocycles. The van der Waals surface area contributed by atoms with E-state index < -0.39 is 17.5 Å². The van der Waals surface area contributed by atoms with Crippen molar-refractivity contribution in [2.24, 2.45) is 5.92 Å². The van der Waals surface area contributed by atoms with Crippen LogP contribution in [0.1, 0.15) is 26.2 Å². The second-order valence-corrected chi connectivity index (χ2v) is 4.87. The first-order valence-electron chi connectivity index (χ1n) is 6.64. The van der Waals surface area contributed by atoms with Crippen molar-refractivity contribution in [1.29, 1.82) is 0 Å². The van der Waals surface area contributed by atoms with Crippen LogP contribution in [0.3, 0.4) is 0 Å². The average Bonchev–Trinajstić information content (AvgIpc) is 2.92. The Morgan fingerprint density at radius 2 is 2.11 bits per heavy atom. The highest BCUT2D eigenvalue weighted by Gasteiger charge is 2.27. The summed E-state index contributed by atoms with van der Waals surface area (Å²) in [6.45, 7) is 3.74. The standard InChI is InChI=1S/C14H18F3NO/c1-2-3-11(9-6-7-18-8-9)19-12-5-4-10(15)13(16)14(12)17/h4-5,9,11,18H,2-3,6-8H2,1H3/t9?,11-/m1/s1. The summed E-state index contributed by atoms with van der Waals surface area (Å²) in [7, 11) is 0. The number of hydrogen-bond donors (Lipinski definition) is 1. The molecular formula is C14H18F3NO. The first-order valence-corrected chi connectivity index (χ1v) is 6.64. The van der Waals surface area contributed by atoms with Crippen molar-refractivity contribution < 1.29 is 17.9 Å². The third-order valence-corrected chi connectivity index (χ3v) is 3.48. The van der Waals surface area contributed by atoms with Crippen LogP contribution in [0.2, 0.25) is 0 Å². The zero-order valence-corrected chi connectivity index (χ0v) is 10.9. The molecule has 1 fully saturated rings. The number of benzene rings is 1. The Balaban J connectivity index is 2.14. The number of nitrogens with one attached hydrogen (secondary N) is 1. The molecule has 1 aliphatic rings. The third-order valence-electron chi connectivity index (χ3n) is 3.48. The van der Waals surface area contributed by atoms with Crippen LogP contribution in [0.15, 0.2) is 12.1 Å². The SMILES string of the molecule is CCC[C@@H](Oc1ccc(F)c(F)c1F)C1CCNC1. The summed E-state index contributed by atoms with van der Waals surface area (Å²) < 4.78 is 45.2. The van der Waals surface area contributed by atoms with Crippen molar-refractivity contribution in [2.75, 3.05) is 13.1 Å². The molecule has 1 aromatic carbocycles. The molecule has 0 spiro atoms. The van der Waals surface area contributed by atoms with Gasteiger partial charge in [-0.15, -0.1) is 0 Å². The zero-order chi connectivity index (χ0) is 13.8. The van der Waals surface area contributed by atoms with Gasteiger partial charge in [-0.1, -0.05) is 13.3 Å². The van der Waals surface area contributed by atoms with Crippen LogP contribution >= 0.6 is 0 Å². The summed E-state index contributed by atoms with van der Waals surface area (Å²) in [5.41, 5.74) is 0. The first-order chi connectivity index (χ1) is 9.13. The normalized spacial score (nSPS) is 20.5. The highest BCUT2D eigenvalue weighted by atomic mass is 19.2. The lowest BCUT2D eigenvalue weighted by Crippen LogP contribution is -2.29. The smallest absolute Gasteiger partial charge is 0.203 e. The van der Waals surface area contributed by atoms with Gasteiger partial charge in [-0.2, -0.15) is 4.39 Å². The second-order valence-electron chi connectivity index (χ2n) is 4.87. The minimum absolute atomic E-state index is 0.167. The highest BCUT2D eigenvalue weighted by molar-refractivity contribution is 5.26. The molecule has 0 aromatic heterocycles. The van der Waals surface area contributed by atoms with Gasteiger partial charge in [0.25, 0.3) is 0 Å². The van der Waals surface area contributed by atoms with Gasteiger partial charge in [0.1, 0.15) is 6.10 Å². The molecule has 1 unspecified atom stereocenters. The summed E-state index contributed by atoms with van der Waals surface area (Å²) >= 11 is 0. The van der Waals surface area contributed by atoms with E-state index in [0.717, 1.165) is 44.5 Å². The largest absolute Gasteiger partial charge is 0.487 e. The van der Waals surface area contributed by atoms with E-state index in [-0.39, 0.29) is 17.8 Å². The Morgan fingerprint density at radius 3 is 2.74 bits per heavy atom. The molecule has 1 aromatic rings. The molecule has 0 aliphatic carbocycles. The fourth-order valence-electron chi connectivity index (χ4n) is 2.43. The summed E-state index contributed by atoms with van der Waals surface area (Å²) in [4.78, 5) is 0. The topological polar surface area (TPSA) is 21.3 Å². The predicted octanol–water partition coefficient (Wildman–Crippen LogP) is 3.26. The van der Waals surface area contributed by atoms with Crippen molar-refractivity contribution in [3.63, 3.8) is 0 Å². The van der Waals surface area contributed by atoms with Crippen molar-refractivity contribution in [3.8, 4) is 5.75 Å². The van der Waals surface area contributed by atoms with Gasteiger partial charge in [-0.05, 0) is 31.5 Å². The monoisotopic (exact) mass is 273 g/mol. The van der Waals surface area contributed by atoms with Crippen molar-refractivity contribution in [2.45, 2.75) is 32.3 Å². The van der Waals surface area contributed by atoms with E-state index in [2.05, 4.69) is 5.32 Å². The minimum atomic E-state index is -1.47. The van der Waals surface area contributed by atoms with Gasteiger partial charge in [-0.3, -0.25) is 0 Å². The molecular weight excluding hydrogens is 255 g/mol. The lowest BCUT2D eigenvalue weighted by atomic mass is 9.97. The molecule has 0 bridgehead atoms. The Morgan fingerprint density at radius 1 is 1.32 bits per heavy atom. The van der Waals surface area contributed by atoms with Crippen LogP contribution in [0.25, 0.3) is 0 Å². The van der Waals surface area contributed by atoms with Crippen LogP contribution in [0.4, 0.5) is 13.2 Å². The fourth-order valence-corrected chi connectivity index (χ4v) is 2.43. The molecule has 106 valence electrons. The van der Waals surface area contributed by atoms with Crippen molar-refractivity contribution >= 4 is 0 Å². The number of rotatable bonds is 5. The van der Waals surface area contributed by atoms with Gasteiger partial charge in [0.15, 0.2) is 17.4 Å². The van der Waals surface area contributed by atoms with Gasteiger partial charge < -0.3 is 10.1 Å². The van der Waals surface area contributed by atoms with E-state index in [9.17, 15) is 13.2 Å². The molecule has 1 N–H and O–H groups in total. The summed E-state index contributed by atoms with van der Waals surface area (Å²) in [5, 5.41) is 3.22. The van der Waals surface area contributed by atoms with Gasteiger partial charge in [0, 0.05) is 12.5 Å². The van der Waals surface area contributed by atoms with E-state index in [4.69, 9.17) is 4.74 Å². The first kappa shape index (κ1) is 14.2. The summed E-state index contributed by atoms with van der Waals surface area (Å²) in [6.07, 6.45) is 2.45. The molecule has 0 amide bonds. The number of ether oxygens (including phenoxy) is 1. The molecule has 1 heterocycles. The van der Waals surface area contributed by atoms with Gasteiger partial charge in [0.2, 0.25) is 5.82 Å². The number of hydrogen-bond acceptors (Lipinski definition) is 2. The van der Waals surface area contributed by atoms with E-state index >= 15 is 0 Å². The maximum atomic E-state index is 13.6. The highest BCUT2D eigenvalue weighted by Crippen LogP contribution is 2.27. The molecule has 0 saturated carbocycles. The maximum absolute atomic E-state index is 13.6. The van der Waals surface area contributed by atoms with Crippen LogP contribution in [-0.2, 0) is 0 Å². The van der Waals surface area contributed by atoms with Gasteiger partial charge in [-0.25, -0.2) is 8.78 Å². The Bertz CT molecular complexity index is 433. The van der Waals surface area contributed by atoms with Crippen LogP contribution < -0.4 is 10.1 Å². The van der Waals surface area contributed by atoms with Crippen molar-refractivity contribution in [1.82, 2.24) is 5.32 Å². The predicted molar refractivity (Wildman–Crippen MR) is 66.6 cm³/mol. The molecule has 2 nitrogen and oxygen atoms in total. The van der Waals surface area contributed by atoms with Gasteiger partial charge >= 0.3 is 0 Å². The van der Waals surface area contributed by atoms with Crippen LogP contribution in [-0.4, -0.2) is 19.2 Å². The van der Waals surface area contributed by atoms with E-state index in [0.29, 0.717) is 0 Å².